The lowest BCUT2D eigenvalue weighted by Crippen LogP contribution is -2.08. The highest BCUT2D eigenvalue weighted by Gasteiger charge is 2.34. The number of aromatic nitrogens is 2. The summed E-state index contributed by atoms with van der Waals surface area (Å²) in [5, 5.41) is 3.30. The van der Waals surface area contributed by atoms with Crippen LogP contribution in [0.1, 0.15) is 12.6 Å². The Labute approximate surface area is 116 Å². The van der Waals surface area contributed by atoms with Crippen LogP contribution in [-0.4, -0.2) is 16.4 Å². The largest absolute Gasteiger partial charge is 0.491 e. The van der Waals surface area contributed by atoms with Gasteiger partial charge in [-0.05, 0) is 19.1 Å². The minimum absolute atomic E-state index is 0.0225. The summed E-state index contributed by atoms with van der Waals surface area (Å²) in [7, 11) is 0. The molecule has 0 spiro atoms. The van der Waals surface area contributed by atoms with Crippen molar-refractivity contribution in [2.45, 2.75) is 13.1 Å². The highest BCUT2D eigenvalue weighted by molar-refractivity contribution is 6.32. The zero-order valence-electron chi connectivity index (χ0n) is 10.2. The number of hydrogen-bond donors (Lipinski definition) is 0. The topological polar surface area (TPSA) is 27.1 Å². The zero-order valence-corrected chi connectivity index (χ0v) is 11.0. The Morgan fingerprint density at radius 1 is 1.35 bits per heavy atom. The molecule has 8 heteroatoms. The Balaban J connectivity index is 2.54. The summed E-state index contributed by atoms with van der Waals surface area (Å²) < 4.78 is 57.0. The SMILES string of the molecule is CCOc1cc(F)cc(Cl)c1-n1ccc(C(F)(F)F)n1. The first-order valence-corrected chi connectivity index (χ1v) is 5.95. The van der Waals surface area contributed by atoms with Gasteiger partial charge in [-0.3, -0.25) is 0 Å². The van der Waals surface area contributed by atoms with Crippen LogP contribution in [-0.2, 0) is 6.18 Å². The molecule has 0 amide bonds. The minimum Gasteiger partial charge on any atom is -0.491 e. The number of halogens is 5. The van der Waals surface area contributed by atoms with Gasteiger partial charge in [-0.1, -0.05) is 11.6 Å². The van der Waals surface area contributed by atoms with Crippen LogP contribution in [0.4, 0.5) is 17.6 Å². The number of rotatable bonds is 3. The molecule has 0 aliphatic rings. The molecule has 108 valence electrons. The lowest BCUT2D eigenvalue weighted by molar-refractivity contribution is -0.141. The van der Waals surface area contributed by atoms with Gasteiger partial charge in [-0.2, -0.15) is 18.3 Å². The molecule has 0 saturated heterocycles. The van der Waals surface area contributed by atoms with E-state index < -0.39 is 17.7 Å². The predicted molar refractivity (Wildman–Crippen MR) is 64.7 cm³/mol. The van der Waals surface area contributed by atoms with E-state index in [1.807, 2.05) is 0 Å². The van der Waals surface area contributed by atoms with Gasteiger partial charge in [-0.25, -0.2) is 9.07 Å². The molecule has 0 N–H and O–H groups in total. The van der Waals surface area contributed by atoms with Crippen molar-refractivity contribution in [3.05, 3.63) is 40.9 Å². The van der Waals surface area contributed by atoms with E-state index in [2.05, 4.69) is 5.10 Å². The van der Waals surface area contributed by atoms with Crippen molar-refractivity contribution in [1.82, 2.24) is 9.78 Å². The molecule has 0 aliphatic heterocycles. The lowest BCUT2D eigenvalue weighted by atomic mass is 10.3. The van der Waals surface area contributed by atoms with Crippen LogP contribution < -0.4 is 4.74 Å². The van der Waals surface area contributed by atoms with Gasteiger partial charge in [0.25, 0.3) is 0 Å². The van der Waals surface area contributed by atoms with Crippen molar-refractivity contribution in [2.24, 2.45) is 0 Å². The van der Waals surface area contributed by atoms with Gasteiger partial charge >= 0.3 is 6.18 Å². The fraction of sp³-hybridized carbons (Fsp3) is 0.250. The first-order valence-electron chi connectivity index (χ1n) is 5.58. The molecule has 0 bridgehead atoms. The monoisotopic (exact) mass is 308 g/mol. The molecule has 0 saturated carbocycles. The van der Waals surface area contributed by atoms with Crippen molar-refractivity contribution < 1.29 is 22.3 Å². The summed E-state index contributed by atoms with van der Waals surface area (Å²) in [4.78, 5) is 0. The van der Waals surface area contributed by atoms with E-state index in [4.69, 9.17) is 16.3 Å². The Kier molecular flexibility index (Phi) is 3.89. The third kappa shape index (κ3) is 2.87. The minimum atomic E-state index is -4.57. The van der Waals surface area contributed by atoms with Crippen LogP contribution in [0.25, 0.3) is 5.69 Å². The quantitative estimate of drug-likeness (QED) is 0.799. The fourth-order valence-electron chi connectivity index (χ4n) is 1.63. The molecular formula is C12H9ClF4N2O. The average Bonchev–Trinajstić information content (AvgIpc) is 2.77. The van der Waals surface area contributed by atoms with E-state index in [1.165, 1.54) is 0 Å². The summed E-state index contributed by atoms with van der Waals surface area (Å²) in [6, 6.07) is 2.82. The third-order valence-corrected chi connectivity index (χ3v) is 2.69. The summed E-state index contributed by atoms with van der Waals surface area (Å²) in [6.45, 7) is 1.87. The van der Waals surface area contributed by atoms with Gasteiger partial charge in [0.2, 0.25) is 0 Å². The first-order chi connectivity index (χ1) is 9.32. The number of ether oxygens (including phenoxy) is 1. The second-order valence-corrected chi connectivity index (χ2v) is 4.22. The summed E-state index contributed by atoms with van der Waals surface area (Å²) in [6.07, 6.45) is -3.48. The first kappa shape index (κ1) is 14.6. The van der Waals surface area contributed by atoms with Crippen molar-refractivity contribution in [1.29, 1.82) is 0 Å². The van der Waals surface area contributed by atoms with Crippen molar-refractivity contribution in [3.63, 3.8) is 0 Å². The van der Waals surface area contributed by atoms with Crippen LogP contribution in [0.5, 0.6) is 5.75 Å². The molecule has 2 rings (SSSR count). The van der Waals surface area contributed by atoms with E-state index in [9.17, 15) is 17.6 Å². The predicted octanol–water partition coefficient (Wildman–Crippen LogP) is 4.08. The maximum absolute atomic E-state index is 13.3. The molecule has 20 heavy (non-hydrogen) atoms. The van der Waals surface area contributed by atoms with E-state index in [0.29, 0.717) is 0 Å². The van der Waals surface area contributed by atoms with Gasteiger partial charge in [0.05, 0.1) is 11.6 Å². The normalized spacial score (nSPS) is 11.7. The molecule has 0 radical (unpaired) electrons. The maximum atomic E-state index is 13.3. The summed E-state index contributed by atoms with van der Waals surface area (Å²) >= 11 is 5.87. The average molecular weight is 309 g/mol. The molecule has 2 aromatic rings. The van der Waals surface area contributed by atoms with Crippen LogP contribution >= 0.6 is 11.6 Å². The molecule has 3 nitrogen and oxygen atoms in total. The highest BCUT2D eigenvalue weighted by Crippen LogP contribution is 2.33. The molecular weight excluding hydrogens is 300 g/mol. The van der Waals surface area contributed by atoms with E-state index in [-0.39, 0.29) is 23.1 Å². The van der Waals surface area contributed by atoms with Gasteiger partial charge in [0, 0.05) is 12.3 Å². The van der Waals surface area contributed by atoms with Crippen LogP contribution in [0.15, 0.2) is 24.4 Å². The lowest BCUT2D eigenvalue weighted by Gasteiger charge is -2.12. The molecule has 0 unspecified atom stereocenters. The standard InChI is InChI=1S/C12H9ClF4N2O/c1-2-20-9-6-7(14)5-8(13)11(9)19-4-3-10(18-19)12(15,16)17/h3-6H,2H2,1H3. The fourth-order valence-corrected chi connectivity index (χ4v) is 1.91. The highest BCUT2D eigenvalue weighted by atomic mass is 35.5. The zero-order chi connectivity index (χ0) is 14.9. The van der Waals surface area contributed by atoms with Crippen LogP contribution in [0.3, 0.4) is 0 Å². The molecule has 1 heterocycles. The van der Waals surface area contributed by atoms with Crippen molar-refractivity contribution in [2.75, 3.05) is 6.61 Å². The number of hydrogen-bond acceptors (Lipinski definition) is 2. The molecule has 1 aromatic carbocycles. The van der Waals surface area contributed by atoms with Crippen molar-refractivity contribution in [3.8, 4) is 11.4 Å². The Morgan fingerprint density at radius 2 is 2.05 bits per heavy atom. The van der Waals surface area contributed by atoms with E-state index in [1.54, 1.807) is 6.92 Å². The Hall–Kier alpha value is -1.76. The van der Waals surface area contributed by atoms with Gasteiger partial charge in [0.1, 0.15) is 17.3 Å². The summed E-state index contributed by atoms with van der Waals surface area (Å²) in [5.41, 5.74) is -1.01. The Morgan fingerprint density at radius 3 is 2.60 bits per heavy atom. The van der Waals surface area contributed by atoms with Gasteiger partial charge in [-0.15, -0.1) is 0 Å². The Bertz CT molecular complexity index is 624. The third-order valence-electron chi connectivity index (χ3n) is 2.40. The number of benzene rings is 1. The molecule has 0 fully saturated rings. The number of nitrogens with zero attached hydrogens (tertiary/aromatic N) is 2. The molecule has 0 atom stereocenters. The molecule has 1 aromatic heterocycles. The summed E-state index contributed by atoms with van der Waals surface area (Å²) in [5.74, 6) is -0.625. The van der Waals surface area contributed by atoms with Crippen LogP contribution in [0.2, 0.25) is 5.02 Å². The van der Waals surface area contributed by atoms with Crippen LogP contribution in [0, 0.1) is 5.82 Å². The second kappa shape index (κ2) is 5.32. The smallest absolute Gasteiger partial charge is 0.435 e. The van der Waals surface area contributed by atoms with E-state index >= 15 is 0 Å². The maximum Gasteiger partial charge on any atom is 0.435 e. The van der Waals surface area contributed by atoms with Crippen molar-refractivity contribution >= 4 is 11.6 Å². The molecule has 0 aliphatic carbocycles. The number of alkyl halides is 3. The second-order valence-electron chi connectivity index (χ2n) is 3.81. The van der Waals surface area contributed by atoms with Gasteiger partial charge < -0.3 is 4.74 Å². The van der Waals surface area contributed by atoms with E-state index in [0.717, 1.165) is 29.1 Å². The van der Waals surface area contributed by atoms with Gasteiger partial charge in [0.15, 0.2) is 5.69 Å².